The lowest BCUT2D eigenvalue weighted by atomic mass is 9.86. The van der Waals surface area contributed by atoms with Crippen LogP contribution in [0.15, 0.2) is 39.6 Å². The smallest absolute Gasteiger partial charge is 0.409 e. The minimum atomic E-state index is -0.379. The van der Waals surface area contributed by atoms with Crippen LogP contribution < -0.4 is 5.56 Å². The number of nitrogens with one attached hydrogen (secondary N) is 1. The van der Waals surface area contributed by atoms with Gasteiger partial charge in [0.15, 0.2) is 0 Å². The average molecular weight is 334 g/mol. The lowest BCUT2D eigenvalue weighted by Gasteiger charge is -2.38. The predicted molar refractivity (Wildman–Crippen MR) is 84.3 cm³/mol. The van der Waals surface area contributed by atoms with E-state index in [9.17, 15) is 14.0 Å². The molecule has 0 bridgehead atoms. The van der Waals surface area contributed by atoms with E-state index in [1.54, 1.807) is 17.0 Å². The molecular weight excluding hydrogens is 315 g/mol. The van der Waals surface area contributed by atoms with Crippen LogP contribution in [0, 0.1) is 5.82 Å². The van der Waals surface area contributed by atoms with Crippen LogP contribution in [0.3, 0.4) is 0 Å². The standard InChI is InChI=1S/C17H19FN2O4/c1-23-17(22)20-7-6-12(15-10-16(21)19-24-15)9-14(20)8-11-2-4-13(18)5-3-11/h2-5,10,12,14H,6-9H2,1H3,(H,19,21). The van der Waals surface area contributed by atoms with E-state index in [1.165, 1.54) is 25.3 Å². The van der Waals surface area contributed by atoms with Gasteiger partial charge >= 0.3 is 6.09 Å². The van der Waals surface area contributed by atoms with Gasteiger partial charge in [-0.25, -0.2) is 9.18 Å². The highest BCUT2D eigenvalue weighted by molar-refractivity contribution is 5.68. The number of piperidine rings is 1. The molecule has 0 spiro atoms. The maximum Gasteiger partial charge on any atom is 0.409 e. The molecule has 3 rings (SSSR count). The fourth-order valence-electron chi connectivity index (χ4n) is 3.25. The van der Waals surface area contributed by atoms with Crippen molar-refractivity contribution in [2.24, 2.45) is 0 Å². The Morgan fingerprint density at radius 3 is 2.79 bits per heavy atom. The molecule has 1 saturated heterocycles. The molecule has 24 heavy (non-hydrogen) atoms. The highest BCUT2D eigenvalue weighted by Gasteiger charge is 2.34. The van der Waals surface area contributed by atoms with Crippen molar-refractivity contribution in [2.75, 3.05) is 13.7 Å². The third kappa shape index (κ3) is 3.50. The summed E-state index contributed by atoms with van der Waals surface area (Å²) in [6, 6.07) is 7.58. The van der Waals surface area contributed by atoms with Crippen LogP contribution in [0.5, 0.6) is 0 Å². The molecule has 1 amide bonds. The third-order valence-electron chi connectivity index (χ3n) is 4.45. The second kappa shape index (κ2) is 6.90. The Morgan fingerprint density at radius 2 is 2.17 bits per heavy atom. The first-order valence-electron chi connectivity index (χ1n) is 7.84. The molecule has 0 aliphatic carbocycles. The molecule has 1 aliphatic heterocycles. The first-order valence-corrected chi connectivity index (χ1v) is 7.84. The van der Waals surface area contributed by atoms with E-state index in [1.807, 2.05) is 0 Å². The van der Waals surface area contributed by atoms with Crippen LogP contribution in [0.25, 0.3) is 0 Å². The van der Waals surface area contributed by atoms with Gasteiger partial charge in [-0.2, -0.15) is 5.16 Å². The van der Waals surface area contributed by atoms with Gasteiger partial charge < -0.3 is 14.2 Å². The van der Waals surface area contributed by atoms with Crippen molar-refractivity contribution in [3.8, 4) is 0 Å². The number of hydrogen-bond acceptors (Lipinski definition) is 4. The van der Waals surface area contributed by atoms with Crippen LogP contribution in [0.4, 0.5) is 9.18 Å². The monoisotopic (exact) mass is 334 g/mol. The van der Waals surface area contributed by atoms with Crippen molar-refractivity contribution < 1.29 is 18.4 Å². The van der Waals surface area contributed by atoms with E-state index in [0.717, 1.165) is 5.56 Å². The quantitative estimate of drug-likeness (QED) is 0.936. The Hall–Kier alpha value is -2.57. The van der Waals surface area contributed by atoms with E-state index < -0.39 is 0 Å². The molecule has 1 aromatic heterocycles. The molecule has 1 N–H and O–H groups in total. The highest BCUT2D eigenvalue weighted by atomic mass is 19.1. The predicted octanol–water partition coefficient (Wildman–Crippen LogP) is 2.66. The highest BCUT2D eigenvalue weighted by Crippen LogP contribution is 2.32. The molecule has 2 aromatic rings. The van der Waals surface area contributed by atoms with Gasteiger partial charge in [-0.3, -0.25) is 4.79 Å². The van der Waals surface area contributed by atoms with Gasteiger partial charge in [-0.05, 0) is 37.0 Å². The van der Waals surface area contributed by atoms with Gasteiger partial charge in [-0.15, -0.1) is 0 Å². The first-order chi connectivity index (χ1) is 11.6. The zero-order valence-electron chi connectivity index (χ0n) is 13.3. The number of aromatic nitrogens is 1. The van der Waals surface area contributed by atoms with E-state index in [4.69, 9.17) is 9.26 Å². The number of methoxy groups -OCH3 is 1. The van der Waals surface area contributed by atoms with E-state index in [0.29, 0.717) is 31.6 Å². The van der Waals surface area contributed by atoms with Crippen molar-refractivity contribution in [1.29, 1.82) is 0 Å². The Labute approximate surface area is 138 Å². The summed E-state index contributed by atoms with van der Waals surface area (Å²) in [5.41, 5.74) is 0.668. The number of aromatic amines is 1. The molecule has 1 aromatic carbocycles. The minimum absolute atomic E-state index is 0.0512. The first kappa shape index (κ1) is 16.3. The maximum atomic E-state index is 13.1. The van der Waals surface area contributed by atoms with Crippen LogP contribution in [-0.4, -0.2) is 35.8 Å². The molecular formula is C17H19FN2O4. The van der Waals surface area contributed by atoms with Crippen LogP contribution in [0.1, 0.15) is 30.1 Å². The van der Waals surface area contributed by atoms with E-state index in [2.05, 4.69) is 5.16 Å². The van der Waals surface area contributed by atoms with Crippen molar-refractivity contribution in [1.82, 2.24) is 10.1 Å². The molecule has 0 radical (unpaired) electrons. The third-order valence-corrected chi connectivity index (χ3v) is 4.45. The number of ether oxygens (including phenoxy) is 1. The molecule has 7 heteroatoms. The number of hydrogen-bond donors (Lipinski definition) is 1. The largest absolute Gasteiger partial charge is 0.453 e. The summed E-state index contributed by atoms with van der Waals surface area (Å²) in [7, 11) is 1.36. The molecule has 6 nitrogen and oxygen atoms in total. The van der Waals surface area contributed by atoms with Gasteiger partial charge in [-0.1, -0.05) is 12.1 Å². The molecule has 2 heterocycles. The van der Waals surface area contributed by atoms with E-state index >= 15 is 0 Å². The second-order valence-corrected chi connectivity index (χ2v) is 5.98. The number of likely N-dealkylation sites (tertiary alicyclic amines) is 1. The maximum absolute atomic E-state index is 13.1. The van der Waals surface area contributed by atoms with Gasteiger partial charge in [0, 0.05) is 24.6 Å². The molecule has 2 unspecified atom stereocenters. The zero-order valence-corrected chi connectivity index (χ0v) is 13.3. The fourth-order valence-corrected chi connectivity index (χ4v) is 3.25. The molecule has 1 fully saturated rings. The van der Waals surface area contributed by atoms with Crippen molar-refractivity contribution in [3.63, 3.8) is 0 Å². The SMILES string of the molecule is COC(=O)N1CCC(c2cc(=O)[nH]o2)CC1Cc1ccc(F)cc1. The Kier molecular flexibility index (Phi) is 4.69. The number of amides is 1. The molecule has 1 aliphatic rings. The number of nitrogens with zero attached hydrogens (tertiary/aromatic N) is 1. The summed E-state index contributed by atoms with van der Waals surface area (Å²) in [5.74, 6) is 0.364. The number of halogens is 1. The Balaban J connectivity index is 1.79. The molecule has 2 atom stereocenters. The number of carbonyl (C=O) groups excluding carboxylic acids is 1. The zero-order chi connectivity index (χ0) is 17.1. The summed E-state index contributed by atoms with van der Waals surface area (Å²) >= 11 is 0. The summed E-state index contributed by atoms with van der Waals surface area (Å²) in [4.78, 5) is 25.0. The number of rotatable bonds is 3. The minimum Gasteiger partial charge on any atom is -0.453 e. The van der Waals surface area contributed by atoms with Crippen molar-refractivity contribution >= 4 is 6.09 Å². The van der Waals surface area contributed by atoms with Crippen LogP contribution >= 0.6 is 0 Å². The molecule has 128 valence electrons. The van der Waals surface area contributed by atoms with Gasteiger partial charge in [0.1, 0.15) is 11.6 Å². The lowest BCUT2D eigenvalue weighted by Crippen LogP contribution is -2.46. The van der Waals surface area contributed by atoms with E-state index in [-0.39, 0.29) is 29.4 Å². The van der Waals surface area contributed by atoms with Gasteiger partial charge in [0.2, 0.25) is 0 Å². The summed E-state index contributed by atoms with van der Waals surface area (Å²) in [6.45, 7) is 0.512. The Morgan fingerprint density at radius 1 is 1.42 bits per heavy atom. The number of carbonyl (C=O) groups is 1. The van der Waals surface area contributed by atoms with Crippen LogP contribution in [0.2, 0.25) is 0 Å². The normalized spacial score (nSPS) is 20.8. The van der Waals surface area contributed by atoms with Crippen molar-refractivity contribution in [2.45, 2.75) is 31.2 Å². The number of benzene rings is 1. The topological polar surface area (TPSA) is 75.5 Å². The van der Waals surface area contributed by atoms with Gasteiger partial charge in [0.25, 0.3) is 5.56 Å². The fraction of sp³-hybridized carbons (Fsp3) is 0.412. The lowest BCUT2D eigenvalue weighted by molar-refractivity contribution is 0.0817. The Bertz CT molecular complexity index is 752. The van der Waals surface area contributed by atoms with Gasteiger partial charge in [0.05, 0.1) is 7.11 Å². The van der Waals surface area contributed by atoms with Crippen molar-refractivity contribution in [3.05, 3.63) is 57.8 Å². The summed E-state index contributed by atoms with van der Waals surface area (Å²) < 4.78 is 23.2. The second-order valence-electron chi connectivity index (χ2n) is 5.98. The number of H-pyrrole nitrogens is 1. The summed E-state index contributed by atoms with van der Waals surface area (Å²) in [5, 5.41) is 2.30. The average Bonchev–Trinajstić information content (AvgIpc) is 3.03. The summed E-state index contributed by atoms with van der Waals surface area (Å²) in [6.07, 6.45) is 1.54. The molecule has 0 saturated carbocycles. The van der Waals surface area contributed by atoms with Crippen LogP contribution in [-0.2, 0) is 11.2 Å².